The van der Waals surface area contributed by atoms with E-state index in [2.05, 4.69) is 0 Å². The van der Waals surface area contributed by atoms with Gasteiger partial charge in [-0.1, -0.05) is 12.8 Å². The summed E-state index contributed by atoms with van der Waals surface area (Å²) in [5.74, 6) is -0.712. The van der Waals surface area contributed by atoms with Gasteiger partial charge < -0.3 is 10.5 Å². The molecule has 0 aromatic heterocycles. The fourth-order valence-electron chi connectivity index (χ4n) is 2.30. The lowest BCUT2D eigenvalue weighted by molar-refractivity contribution is -0.147. The standard InChI is InChI=1S/C11H20N2O3/c1-8(11(15)16-2)13(7-10(12)14)9-5-3-4-6-9/h8-9H,3-7H2,1-2H3,(H2,12,14). The van der Waals surface area contributed by atoms with Crippen molar-refractivity contribution in [3.05, 3.63) is 0 Å². The molecule has 0 spiro atoms. The van der Waals surface area contributed by atoms with Crippen molar-refractivity contribution >= 4 is 11.9 Å². The summed E-state index contributed by atoms with van der Waals surface area (Å²) in [4.78, 5) is 24.3. The van der Waals surface area contributed by atoms with E-state index < -0.39 is 11.9 Å². The molecule has 1 aliphatic rings. The van der Waals surface area contributed by atoms with Crippen molar-refractivity contribution in [3.8, 4) is 0 Å². The number of rotatable bonds is 5. The third kappa shape index (κ3) is 3.20. The van der Waals surface area contributed by atoms with Crippen LogP contribution in [0.15, 0.2) is 0 Å². The fourth-order valence-corrected chi connectivity index (χ4v) is 2.30. The van der Waals surface area contributed by atoms with E-state index in [1.165, 1.54) is 7.11 Å². The molecule has 1 fully saturated rings. The number of primary amides is 1. The first-order valence-corrected chi connectivity index (χ1v) is 5.68. The van der Waals surface area contributed by atoms with Gasteiger partial charge in [0.25, 0.3) is 0 Å². The van der Waals surface area contributed by atoms with E-state index in [4.69, 9.17) is 10.5 Å². The molecule has 92 valence electrons. The molecule has 1 aliphatic carbocycles. The van der Waals surface area contributed by atoms with Crippen LogP contribution < -0.4 is 5.73 Å². The fraction of sp³-hybridized carbons (Fsp3) is 0.818. The van der Waals surface area contributed by atoms with Gasteiger partial charge in [0, 0.05) is 6.04 Å². The topological polar surface area (TPSA) is 72.6 Å². The third-order valence-corrected chi connectivity index (χ3v) is 3.17. The van der Waals surface area contributed by atoms with Gasteiger partial charge >= 0.3 is 5.97 Å². The quantitative estimate of drug-likeness (QED) is 0.686. The smallest absolute Gasteiger partial charge is 0.322 e. The van der Waals surface area contributed by atoms with Gasteiger partial charge in [-0.25, -0.2) is 0 Å². The lowest BCUT2D eigenvalue weighted by Gasteiger charge is -2.31. The predicted octanol–water partition coefficient (Wildman–Crippen LogP) is 0.278. The van der Waals surface area contributed by atoms with Crippen LogP contribution in [0.3, 0.4) is 0 Å². The average Bonchev–Trinajstić information content (AvgIpc) is 2.76. The zero-order valence-electron chi connectivity index (χ0n) is 9.94. The first-order chi connectivity index (χ1) is 7.56. The van der Waals surface area contributed by atoms with Crippen LogP contribution in [0.4, 0.5) is 0 Å². The second-order valence-corrected chi connectivity index (χ2v) is 4.28. The summed E-state index contributed by atoms with van der Waals surface area (Å²) in [6.07, 6.45) is 4.34. The largest absolute Gasteiger partial charge is 0.468 e. The van der Waals surface area contributed by atoms with E-state index in [-0.39, 0.29) is 18.6 Å². The van der Waals surface area contributed by atoms with E-state index >= 15 is 0 Å². The summed E-state index contributed by atoms with van der Waals surface area (Å²) < 4.78 is 4.70. The Morgan fingerprint density at radius 3 is 2.44 bits per heavy atom. The van der Waals surface area contributed by atoms with Crippen LogP contribution >= 0.6 is 0 Å². The van der Waals surface area contributed by atoms with Crippen LogP contribution in [-0.4, -0.2) is 42.5 Å². The van der Waals surface area contributed by atoms with Gasteiger partial charge in [0.1, 0.15) is 6.04 Å². The first kappa shape index (κ1) is 13.0. The maximum absolute atomic E-state index is 11.5. The molecule has 16 heavy (non-hydrogen) atoms. The molecule has 5 nitrogen and oxygen atoms in total. The highest BCUT2D eigenvalue weighted by molar-refractivity contribution is 5.79. The number of nitrogens with two attached hydrogens (primary N) is 1. The Balaban J connectivity index is 2.68. The molecule has 0 radical (unpaired) electrons. The third-order valence-electron chi connectivity index (χ3n) is 3.17. The van der Waals surface area contributed by atoms with Crippen LogP contribution in [0.25, 0.3) is 0 Å². The van der Waals surface area contributed by atoms with Crippen molar-refractivity contribution in [1.82, 2.24) is 4.90 Å². The number of nitrogens with zero attached hydrogens (tertiary/aromatic N) is 1. The molecule has 1 rings (SSSR count). The van der Waals surface area contributed by atoms with Gasteiger partial charge in [-0.3, -0.25) is 14.5 Å². The van der Waals surface area contributed by atoms with Crippen LogP contribution in [0.2, 0.25) is 0 Å². The van der Waals surface area contributed by atoms with E-state index in [1.54, 1.807) is 6.92 Å². The molecule has 0 aromatic carbocycles. The van der Waals surface area contributed by atoms with Crippen LogP contribution in [-0.2, 0) is 14.3 Å². The lowest BCUT2D eigenvalue weighted by atomic mass is 10.1. The summed E-state index contributed by atoms with van der Waals surface area (Å²) in [7, 11) is 1.36. The van der Waals surface area contributed by atoms with Crippen molar-refractivity contribution in [2.24, 2.45) is 5.73 Å². The lowest BCUT2D eigenvalue weighted by Crippen LogP contribution is -2.49. The Morgan fingerprint density at radius 2 is 2.00 bits per heavy atom. The molecule has 1 amide bonds. The van der Waals surface area contributed by atoms with Gasteiger partial charge in [-0.2, -0.15) is 0 Å². The van der Waals surface area contributed by atoms with Crippen molar-refractivity contribution in [3.63, 3.8) is 0 Å². The molecule has 5 heteroatoms. The Kier molecular flexibility index (Phi) is 4.73. The number of hydrogen-bond donors (Lipinski definition) is 1. The van der Waals surface area contributed by atoms with Gasteiger partial charge in [0.15, 0.2) is 0 Å². The molecular weight excluding hydrogens is 208 g/mol. The number of carbonyl (C=O) groups is 2. The average molecular weight is 228 g/mol. The van der Waals surface area contributed by atoms with Crippen molar-refractivity contribution in [2.75, 3.05) is 13.7 Å². The molecule has 1 saturated carbocycles. The first-order valence-electron chi connectivity index (χ1n) is 5.68. The molecule has 0 aromatic rings. The predicted molar refractivity (Wildman–Crippen MR) is 59.6 cm³/mol. The molecule has 0 heterocycles. The number of amides is 1. The molecule has 0 saturated heterocycles. The Hall–Kier alpha value is -1.10. The summed E-state index contributed by atoms with van der Waals surface area (Å²) in [5, 5.41) is 0. The second-order valence-electron chi connectivity index (χ2n) is 4.28. The van der Waals surface area contributed by atoms with E-state index in [0.29, 0.717) is 0 Å². The van der Waals surface area contributed by atoms with Crippen molar-refractivity contribution < 1.29 is 14.3 Å². The summed E-state index contributed by atoms with van der Waals surface area (Å²) in [6, 6.07) is -0.123. The Labute approximate surface area is 95.9 Å². The summed E-state index contributed by atoms with van der Waals surface area (Å²) >= 11 is 0. The van der Waals surface area contributed by atoms with Crippen LogP contribution in [0.5, 0.6) is 0 Å². The molecule has 0 aliphatic heterocycles. The van der Waals surface area contributed by atoms with Gasteiger partial charge in [0.05, 0.1) is 13.7 Å². The van der Waals surface area contributed by atoms with E-state index in [0.717, 1.165) is 25.7 Å². The van der Waals surface area contributed by atoms with Gasteiger partial charge in [0.2, 0.25) is 5.91 Å². The normalized spacial score (nSPS) is 18.7. The second kappa shape index (κ2) is 5.84. The number of carbonyl (C=O) groups excluding carboxylic acids is 2. The summed E-state index contributed by atoms with van der Waals surface area (Å²) in [5.41, 5.74) is 5.21. The maximum atomic E-state index is 11.5. The number of esters is 1. The Bertz CT molecular complexity index is 262. The van der Waals surface area contributed by atoms with Crippen LogP contribution in [0, 0.1) is 0 Å². The zero-order chi connectivity index (χ0) is 12.1. The maximum Gasteiger partial charge on any atom is 0.322 e. The van der Waals surface area contributed by atoms with Gasteiger partial charge in [-0.05, 0) is 19.8 Å². The highest BCUT2D eigenvalue weighted by atomic mass is 16.5. The van der Waals surface area contributed by atoms with Crippen molar-refractivity contribution in [2.45, 2.75) is 44.7 Å². The highest BCUT2D eigenvalue weighted by Gasteiger charge is 2.31. The SMILES string of the molecule is COC(=O)C(C)N(CC(N)=O)C1CCCC1. The number of hydrogen-bond acceptors (Lipinski definition) is 4. The number of methoxy groups -OCH3 is 1. The highest BCUT2D eigenvalue weighted by Crippen LogP contribution is 2.25. The molecule has 0 bridgehead atoms. The van der Waals surface area contributed by atoms with Crippen molar-refractivity contribution in [1.29, 1.82) is 0 Å². The van der Waals surface area contributed by atoms with E-state index in [1.807, 2.05) is 4.90 Å². The van der Waals surface area contributed by atoms with Crippen LogP contribution in [0.1, 0.15) is 32.6 Å². The van der Waals surface area contributed by atoms with Gasteiger partial charge in [-0.15, -0.1) is 0 Å². The zero-order valence-corrected chi connectivity index (χ0v) is 9.94. The monoisotopic (exact) mass is 228 g/mol. The molecule has 1 atom stereocenters. The minimum atomic E-state index is -0.402. The number of ether oxygens (including phenoxy) is 1. The minimum absolute atomic E-state index is 0.126. The molecule has 1 unspecified atom stereocenters. The Morgan fingerprint density at radius 1 is 1.44 bits per heavy atom. The summed E-state index contributed by atoms with van der Waals surface area (Å²) in [6.45, 7) is 1.88. The molecule has 2 N–H and O–H groups in total. The minimum Gasteiger partial charge on any atom is -0.468 e. The van der Waals surface area contributed by atoms with E-state index in [9.17, 15) is 9.59 Å². The molecular formula is C11H20N2O3.